The average molecular weight is 807 g/mol. The fourth-order valence-corrected chi connectivity index (χ4v) is 5.00. The molecule has 0 unspecified atom stereocenters. The number of fused-ring (bicyclic) bond motifs is 2. The number of thiol groups is 1. The summed E-state index contributed by atoms with van der Waals surface area (Å²) >= 11 is 9.20. The van der Waals surface area contributed by atoms with Crippen LogP contribution in [0.15, 0.2) is 59.2 Å². The number of Topliss-reactive ketones (excluding diaryl/α,β-unsaturated/α-hetero) is 1. The Bertz CT molecular complexity index is 1880. The summed E-state index contributed by atoms with van der Waals surface area (Å²) in [5.74, 6) is -0.599. The van der Waals surface area contributed by atoms with Crippen molar-refractivity contribution in [2.45, 2.75) is 32.6 Å². The Kier molecular flexibility index (Phi) is 17.1. The van der Waals surface area contributed by atoms with Crippen LogP contribution in [0.1, 0.15) is 31.7 Å². The van der Waals surface area contributed by atoms with Crippen LogP contribution in [-0.4, -0.2) is 49.8 Å². The molecule has 1 radical (unpaired) electrons. The van der Waals surface area contributed by atoms with E-state index in [-0.39, 0.29) is 22.1 Å². The van der Waals surface area contributed by atoms with Crippen LogP contribution in [0.4, 0.5) is 31.5 Å². The summed E-state index contributed by atoms with van der Waals surface area (Å²) in [5, 5.41) is 5.48. The molecule has 5 rings (SSSR count). The zero-order valence-electron chi connectivity index (χ0n) is 23.7. The minimum absolute atomic E-state index is 0.0236. The molecule has 5 heterocycles. The van der Waals surface area contributed by atoms with Gasteiger partial charge in [0.25, 0.3) is 11.1 Å². The number of nitrogens with zero attached hydrogens (tertiary/aromatic N) is 6. The molecule has 0 aliphatic heterocycles. The number of nitrogen functional groups attached to an aromatic ring is 1. The van der Waals surface area contributed by atoms with E-state index in [0.29, 0.717) is 17.8 Å². The molecule has 2 N–H and O–H groups in total. The molecule has 0 fully saturated rings. The number of ketones is 1. The third kappa shape index (κ3) is 14.0. The summed E-state index contributed by atoms with van der Waals surface area (Å²) in [6.45, 7) is 3.40. The molecule has 0 spiro atoms. The minimum atomic E-state index is -4.63. The van der Waals surface area contributed by atoms with Crippen molar-refractivity contribution in [1.29, 1.82) is 0 Å². The van der Waals surface area contributed by atoms with Gasteiger partial charge in [-0.3, -0.25) is 28.0 Å². The number of carbonyl (C=O) groups excluding carboxylic acids is 2. The number of thiazole rings is 3. The molecular formula is C23H20BBrF6N7O5S4. The van der Waals surface area contributed by atoms with Crippen molar-refractivity contribution in [2.24, 2.45) is 4.30 Å². The van der Waals surface area contributed by atoms with Crippen LogP contribution in [0.3, 0.4) is 0 Å². The average Bonchev–Trinajstić information content (AvgIpc) is 3.73. The Morgan fingerprint density at radius 2 is 1.57 bits per heavy atom. The summed E-state index contributed by atoms with van der Waals surface area (Å²) in [4.78, 5) is 53.7. The van der Waals surface area contributed by atoms with Crippen LogP contribution < -0.4 is 16.9 Å². The number of hydrogen-bond acceptors (Lipinski definition) is 14. The monoisotopic (exact) mass is 806 g/mol. The molecule has 0 aliphatic carbocycles. The molecule has 0 atom stereocenters. The van der Waals surface area contributed by atoms with Crippen molar-refractivity contribution in [1.82, 2.24) is 23.8 Å². The number of hydrogen-bond donors (Lipinski definition) is 2. The summed E-state index contributed by atoms with van der Waals surface area (Å²) in [7, 11) is 4.34. The Labute approximate surface area is 287 Å². The molecule has 0 saturated carbocycles. The van der Waals surface area contributed by atoms with Gasteiger partial charge in [0, 0.05) is 40.8 Å². The second-order valence-corrected chi connectivity index (χ2v) is 11.5. The van der Waals surface area contributed by atoms with E-state index >= 15 is 0 Å². The maximum absolute atomic E-state index is 12.4. The number of halogens is 7. The first-order valence-corrected chi connectivity index (χ1v) is 15.8. The second-order valence-electron chi connectivity index (χ2n) is 7.84. The van der Waals surface area contributed by atoms with E-state index in [4.69, 9.17) is 5.73 Å². The molecule has 253 valence electrons. The number of aromatic nitrogens is 5. The van der Waals surface area contributed by atoms with Crippen molar-refractivity contribution in [3.05, 3.63) is 77.4 Å². The molecule has 5 aromatic rings. The van der Waals surface area contributed by atoms with Crippen LogP contribution in [0.2, 0.25) is 0 Å². The van der Waals surface area contributed by atoms with Crippen LogP contribution in [0, 0.1) is 0 Å². The van der Waals surface area contributed by atoms with Crippen molar-refractivity contribution in [3.8, 4) is 0 Å². The van der Waals surface area contributed by atoms with E-state index in [0.717, 1.165) is 31.5 Å². The van der Waals surface area contributed by atoms with Gasteiger partial charge in [0.05, 0.1) is 6.61 Å². The van der Waals surface area contributed by atoms with Gasteiger partial charge in [0.15, 0.2) is 26.4 Å². The van der Waals surface area contributed by atoms with Gasteiger partial charge < -0.3 is 10.5 Å². The topological polar surface area (TPSA) is 163 Å². The number of rotatable bonds is 3. The van der Waals surface area contributed by atoms with E-state index in [2.05, 4.69) is 60.4 Å². The van der Waals surface area contributed by atoms with Gasteiger partial charge in [-0.05, 0) is 29.8 Å². The fraction of sp³-hybridized carbons (Fsp3) is 0.261. The number of esters is 1. The van der Waals surface area contributed by atoms with Gasteiger partial charge in [0.2, 0.25) is 0 Å². The van der Waals surface area contributed by atoms with Crippen LogP contribution in [0.25, 0.3) is 9.92 Å². The van der Waals surface area contributed by atoms with Crippen LogP contribution in [-0.2, 0) is 26.7 Å². The first-order valence-electron chi connectivity index (χ1n) is 12.0. The molecule has 12 nitrogen and oxygen atoms in total. The molecule has 24 heteroatoms. The summed E-state index contributed by atoms with van der Waals surface area (Å²) in [6.07, 6.45) is -4.86. The fourth-order valence-electron chi connectivity index (χ4n) is 2.68. The standard InChI is InChI=1S/C7H2BrF3N2OS.C7H3F3N2OS.C6H10O3.C3H4N2S.BHNS/c8-3-4(7(9,10)11)12-6-13(5(3)14)1-2-15-6;8-7(9,10)4-3-5(13)12-1-2-14-6(12)11-4;1-3-9-6(8)4-5(2)7;4-3-5-1-2-6-3;1-2-3/h1-2H;1-3H;3-4H2,1-2H3;1-2H,(H2,4,5);3H. The Morgan fingerprint density at radius 3 is 2.00 bits per heavy atom. The molecular weight excluding hydrogens is 787 g/mol. The Morgan fingerprint density at radius 1 is 1.02 bits per heavy atom. The number of carbonyl (C=O) groups is 2. The molecule has 0 aromatic carbocycles. The van der Waals surface area contributed by atoms with Gasteiger partial charge in [-0.25, -0.2) is 15.0 Å². The Hall–Kier alpha value is -3.48. The SMILES string of the molecule is CCOC(=O)CC(C)=O.Nc1nccs1.O=c1c(Br)c(C(F)(F)F)nc2sccn12.O=c1cc(C(F)(F)F)nc2sccn12.[B]=NS. The summed E-state index contributed by atoms with van der Waals surface area (Å²) in [6, 6.07) is 0.486. The van der Waals surface area contributed by atoms with E-state index in [9.17, 15) is 45.5 Å². The van der Waals surface area contributed by atoms with E-state index < -0.39 is 45.3 Å². The maximum atomic E-state index is 12.4. The number of nitrogens with two attached hydrogens (primary N) is 1. The number of alkyl halides is 6. The molecule has 0 amide bonds. The number of ether oxygens (including phenoxy) is 1. The van der Waals surface area contributed by atoms with Crippen LogP contribution >= 0.6 is 62.8 Å². The first-order chi connectivity index (χ1) is 21.9. The van der Waals surface area contributed by atoms with Crippen LogP contribution in [0.5, 0.6) is 0 Å². The molecule has 0 aliphatic rings. The molecule has 47 heavy (non-hydrogen) atoms. The third-order valence-electron chi connectivity index (χ3n) is 4.42. The van der Waals surface area contributed by atoms with Crippen molar-refractivity contribution < 1.29 is 40.7 Å². The van der Waals surface area contributed by atoms with Crippen molar-refractivity contribution >= 4 is 97.2 Å². The Balaban J connectivity index is 0.000000319. The number of anilines is 1. The molecule has 5 aromatic heterocycles. The predicted molar refractivity (Wildman–Crippen MR) is 172 cm³/mol. The van der Waals surface area contributed by atoms with E-state index in [1.165, 1.54) is 41.4 Å². The molecule has 0 bridgehead atoms. The third-order valence-corrected chi connectivity index (χ3v) is 7.26. The zero-order chi connectivity index (χ0) is 35.9. The summed E-state index contributed by atoms with van der Waals surface area (Å²) in [5.41, 5.74) is 1.38. The normalized spacial score (nSPS) is 10.6. The van der Waals surface area contributed by atoms with E-state index in [1.807, 2.05) is 5.38 Å². The van der Waals surface area contributed by atoms with Gasteiger partial charge in [-0.2, -0.15) is 26.3 Å². The van der Waals surface area contributed by atoms with Gasteiger partial charge in [-0.1, -0.05) is 0 Å². The first kappa shape index (κ1) is 41.5. The second kappa shape index (κ2) is 19.4. The molecule has 0 saturated heterocycles. The van der Waals surface area contributed by atoms with Gasteiger partial charge >= 0.3 is 43.1 Å². The van der Waals surface area contributed by atoms with Crippen molar-refractivity contribution in [2.75, 3.05) is 12.3 Å². The van der Waals surface area contributed by atoms with Gasteiger partial charge in [0.1, 0.15) is 16.7 Å². The van der Waals surface area contributed by atoms with Crippen molar-refractivity contribution in [3.63, 3.8) is 0 Å². The van der Waals surface area contributed by atoms with Gasteiger partial charge in [-0.15, -0.1) is 34.0 Å². The summed E-state index contributed by atoms with van der Waals surface area (Å²) < 4.78 is 82.6. The quantitative estimate of drug-likeness (QED) is 0.0760. The van der Waals surface area contributed by atoms with E-state index in [1.54, 1.807) is 13.1 Å². The zero-order valence-corrected chi connectivity index (χ0v) is 28.6. The predicted octanol–water partition coefficient (Wildman–Crippen LogP) is 5.75.